The van der Waals surface area contributed by atoms with Crippen molar-refractivity contribution in [3.05, 3.63) is 0 Å². The van der Waals surface area contributed by atoms with E-state index in [1.54, 1.807) is 0 Å². The third-order valence-electron chi connectivity index (χ3n) is 3.86. The first kappa shape index (κ1) is 16.0. The molecule has 0 spiro atoms. The normalized spacial score (nSPS) is 17.8. The second kappa shape index (κ2) is 8.15. The molecule has 0 saturated heterocycles. The third-order valence-corrected chi connectivity index (χ3v) is 3.86. The van der Waals surface area contributed by atoms with Gasteiger partial charge in [0.25, 0.3) is 0 Å². The minimum absolute atomic E-state index is 0.0390. The summed E-state index contributed by atoms with van der Waals surface area (Å²) in [6.45, 7) is 2.74. The average molecular weight is 269 g/mol. The van der Waals surface area contributed by atoms with Crippen molar-refractivity contribution in [1.29, 1.82) is 0 Å². The number of hydrogen-bond acceptors (Lipinski definition) is 3. The van der Waals surface area contributed by atoms with Crippen LogP contribution in [0.5, 0.6) is 0 Å². The number of amides is 2. The summed E-state index contributed by atoms with van der Waals surface area (Å²) in [6.07, 6.45) is 7.05. The van der Waals surface area contributed by atoms with E-state index in [4.69, 9.17) is 0 Å². The van der Waals surface area contributed by atoms with E-state index >= 15 is 0 Å². The molecule has 1 rings (SSSR count). The first-order chi connectivity index (χ1) is 9.12. The van der Waals surface area contributed by atoms with Crippen LogP contribution in [0.25, 0.3) is 0 Å². The SMILES string of the molecule is CCCNC(=O)CNC(=O)CC1(NC)CCCCC1. The van der Waals surface area contributed by atoms with Crippen LogP contribution in [0.4, 0.5) is 0 Å². The smallest absolute Gasteiger partial charge is 0.239 e. The highest BCUT2D eigenvalue weighted by atomic mass is 16.2. The van der Waals surface area contributed by atoms with Crippen LogP contribution >= 0.6 is 0 Å². The molecule has 0 heterocycles. The molecule has 1 fully saturated rings. The summed E-state index contributed by atoms with van der Waals surface area (Å²) in [5.74, 6) is -0.153. The Morgan fingerprint density at radius 1 is 1.05 bits per heavy atom. The van der Waals surface area contributed by atoms with Gasteiger partial charge in [-0.1, -0.05) is 26.2 Å². The second-order valence-electron chi connectivity index (χ2n) is 5.39. The Morgan fingerprint density at radius 3 is 2.32 bits per heavy atom. The molecular formula is C14H27N3O2. The maximum absolute atomic E-state index is 11.9. The number of rotatable bonds is 7. The van der Waals surface area contributed by atoms with Crippen molar-refractivity contribution in [2.45, 2.75) is 57.4 Å². The summed E-state index contributed by atoms with van der Waals surface area (Å²) in [7, 11) is 1.92. The van der Waals surface area contributed by atoms with Crippen molar-refractivity contribution in [2.75, 3.05) is 20.1 Å². The average Bonchev–Trinajstić information content (AvgIpc) is 2.44. The zero-order valence-electron chi connectivity index (χ0n) is 12.2. The topological polar surface area (TPSA) is 70.2 Å². The number of carbonyl (C=O) groups excluding carboxylic acids is 2. The predicted octanol–water partition coefficient (Wildman–Crippen LogP) is 0.941. The lowest BCUT2D eigenvalue weighted by molar-refractivity contribution is -0.127. The minimum atomic E-state index is -0.114. The van der Waals surface area contributed by atoms with Crippen molar-refractivity contribution in [3.63, 3.8) is 0 Å². The molecule has 5 nitrogen and oxygen atoms in total. The number of carbonyl (C=O) groups is 2. The molecular weight excluding hydrogens is 242 g/mol. The molecule has 3 N–H and O–H groups in total. The Bertz CT molecular complexity index is 299. The fraction of sp³-hybridized carbons (Fsp3) is 0.857. The molecule has 1 aliphatic carbocycles. The van der Waals surface area contributed by atoms with Crippen molar-refractivity contribution in [2.24, 2.45) is 0 Å². The summed E-state index contributed by atoms with van der Waals surface area (Å²) in [4.78, 5) is 23.3. The Labute approximate surface area is 115 Å². The van der Waals surface area contributed by atoms with Gasteiger partial charge in [0.2, 0.25) is 11.8 Å². The van der Waals surface area contributed by atoms with E-state index in [0.29, 0.717) is 13.0 Å². The van der Waals surface area contributed by atoms with E-state index in [2.05, 4.69) is 16.0 Å². The molecule has 19 heavy (non-hydrogen) atoms. The van der Waals surface area contributed by atoms with Crippen molar-refractivity contribution in [3.8, 4) is 0 Å². The third kappa shape index (κ3) is 5.59. The Morgan fingerprint density at radius 2 is 1.74 bits per heavy atom. The van der Waals surface area contributed by atoms with Gasteiger partial charge in [-0.05, 0) is 26.3 Å². The van der Waals surface area contributed by atoms with E-state index in [1.165, 1.54) is 19.3 Å². The molecule has 1 aliphatic rings. The minimum Gasteiger partial charge on any atom is -0.355 e. The first-order valence-corrected chi connectivity index (χ1v) is 7.34. The van der Waals surface area contributed by atoms with Crippen LogP contribution in [0.3, 0.4) is 0 Å². The summed E-state index contributed by atoms with van der Waals surface area (Å²) < 4.78 is 0. The van der Waals surface area contributed by atoms with Crippen LogP contribution < -0.4 is 16.0 Å². The maximum atomic E-state index is 11.9. The van der Waals surface area contributed by atoms with Gasteiger partial charge < -0.3 is 16.0 Å². The highest BCUT2D eigenvalue weighted by Gasteiger charge is 2.32. The quantitative estimate of drug-likeness (QED) is 0.644. The van der Waals surface area contributed by atoms with Crippen LogP contribution in [0, 0.1) is 0 Å². The second-order valence-corrected chi connectivity index (χ2v) is 5.39. The number of nitrogens with one attached hydrogen (secondary N) is 3. The highest BCUT2D eigenvalue weighted by molar-refractivity contribution is 5.85. The zero-order chi connectivity index (χ0) is 14.1. The maximum Gasteiger partial charge on any atom is 0.239 e. The Kier molecular flexibility index (Phi) is 6.84. The van der Waals surface area contributed by atoms with Gasteiger partial charge in [0, 0.05) is 18.5 Å². The van der Waals surface area contributed by atoms with Crippen molar-refractivity contribution in [1.82, 2.24) is 16.0 Å². The fourth-order valence-corrected chi connectivity index (χ4v) is 2.62. The molecule has 0 atom stereocenters. The molecule has 5 heteroatoms. The van der Waals surface area contributed by atoms with Crippen molar-refractivity contribution >= 4 is 11.8 Å². The zero-order valence-corrected chi connectivity index (χ0v) is 12.2. The van der Waals surface area contributed by atoms with Crippen LogP contribution in [-0.2, 0) is 9.59 Å². The van der Waals surface area contributed by atoms with Crippen molar-refractivity contribution < 1.29 is 9.59 Å². The van der Waals surface area contributed by atoms with Gasteiger partial charge >= 0.3 is 0 Å². The van der Waals surface area contributed by atoms with Gasteiger partial charge in [0.1, 0.15) is 0 Å². The highest BCUT2D eigenvalue weighted by Crippen LogP contribution is 2.30. The van der Waals surface area contributed by atoms with Crippen LogP contribution in [0.15, 0.2) is 0 Å². The monoisotopic (exact) mass is 269 g/mol. The van der Waals surface area contributed by atoms with Gasteiger partial charge in [0.05, 0.1) is 6.54 Å². The Balaban J connectivity index is 2.31. The van der Waals surface area contributed by atoms with E-state index in [1.807, 2.05) is 14.0 Å². The predicted molar refractivity (Wildman–Crippen MR) is 75.8 cm³/mol. The van der Waals surface area contributed by atoms with E-state index < -0.39 is 0 Å². The van der Waals surface area contributed by atoms with Crippen LogP contribution in [0.2, 0.25) is 0 Å². The first-order valence-electron chi connectivity index (χ1n) is 7.34. The lowest BCUT2D eigenvalue weighted by Crippen LogP contribution is -2.49. The standard InChI is InChI=1S/C14H27N3O2/c1-3-9-16-13(19)11-17-12(18)10-14(15-2)7-5-4-6-8-14/h15H,3-11H2,1-2H3,(H,16,19)(H,17,18). The summed E-state index contributed by atoms with van der Waals surface area (Å²) in [5.41, 5.74) is -0.0672. The van der Waals surface area contributed by atoms with Crippen LogP contribution in [0.1, 0.15) is 51.9 Å². The number of hydrogen-bond donors (Lipinski definition) is 3. The lowest BCUT2D eigenvalue weighted by atomic mass is 9.79. The summed E-state index contributed by atoms with van der Waals surface area (Å²) in [6, 6.07) is 0. The van der Waals surface area contributed by atoms with E-state index in [9.17, 15) is 9.59 Å². The molecule has 0 radical (unpaired) electrons. The molecule has 0 aromatic heterocycles. The lowest BCUT2D eigenvalue weighted by Gasteiger charge is -2.36. The fourth-order valence-electron chi connectivity index (χ4n) is 2.62. The molecule has 110 valence electrons. The van der Waals surface area contributed by atoms with Gasteiger partial charge in [-0.3, -0.25) is 9.59 Å². The van der Waals surface area contributed by atoms with Gasteiger partial charge in [-0.15, -0.1) is 0 Å². The van der Waals surface area contributed by atoms with Gasteiger partial charge in [-0.25, -0.2) is 0 Å². The molecule has 0 aliphatic heterocycles. The molecule has 0 bridgehead atoms. The van der Waals surface area contributed by atoms with Crippen LogP contribution in [-0.4, -0.2) is 37.5 Å². The van der Waals surface area contributed by atoms with Gasteiger partial charge in [-0.2, -0.15) is 0 Å². The molecule has 1 saturated carbocycles. The van der Waals surface area contributed by atoms with Gasteiger partial charge in [0.15, 0.2) is 0 Å². The largest absolute Gasteiger partial charge is 0.355 e. The summed E-state index contributed by atoms with van der Waals surface area (Å²) >= 11 is 0. The molecule has 0 aromatic carbocycles. The van der Waals surface area contributed by atoms with E-state index in [-0.39, 0.29) is 23.9 Å². The Hall–Kier alpha value is -1.10. The molecule has 0 unspecified atom stereocenters. The molecule has 0 aromatic rings. The van der Waals surface area contributed by atoms with E-state index in [0.717, 1.165) is 19.3 Å². The molecule has 2 amide bonds. The summed E-state index contributed by atoms with van der Waals surface area (Å²) in [5, 5.41) is 8.76.